The lowest BCUT2D eigenvalue weighted by Crippen LogP contribution is -2.36. The molecule has 1 heterocycles. The van der Waals surface area contributed by atoms with Crippen molar-refractivity contribution in [2.45, 2.75) is 39.5 Å². The summed E-state index contributed by atoms with van der Waals surface area (Å²) < 4.78 is 13.0. The number of nitrogens with two attached hydrogens (primary N) is 1. The van der Waals surface area contributed by atoms with Crippen LogP contribution in [0, 0.1) is 0 Å². The maximum Gasteiger partial charge on any atom is 0.165 e. The van der Waals surface area contributed by atoms with E-state index in [0.717, 1.165) is 33.5 Å². The molecule has 0 saturated heterocycles. The van der Waals surface area contributed by atoms with Gasteiger partial charge >= 0.3 is 0 Å². The zero-order valence-electron chi connectivity index (χ0n) is 14.1. The molecule has 0 saturated carbocycles. The second-order valence-corrected chi connectivity index (χ2v) is 7.09. The minimum atomic E-state index is 0.273. The van der Waals surface area contributed by atoms with Crippen molar-refractivity contribution in [2.24, 2.45) is 5.84 Å². The minimum absolute atomic E-state index is 0.273. The Balaban J connectivity index is 1.86. The van der Waals surface area contributed by atoms with Crippen LogP contribution in [0.25, 0.3) is 0 Å². The first kappa shape index (κ1) is 17.3. The van der Waals surface area contributed by atoms with Gasteiger partial charge in [-0.1, -0.05) is 46.3 Å². The molecular formula is C19H23BrN2O2. The van der Waals surface area contributed by atoms with E-state index >= 15 is 0 Å². The highest BCUT2D eigenvalue weighted by Crippen LogP contribution is 2.43. The highest BCUT2D eigenvalue weighted by Gasteiger charge is 2.24. The molecule has 0 amide bonds. The second kappa shape index (κ2) is 7.55. The van der Waals surface area contributed by atoms with Gasteiger partial charge in [0.15, 0.2) is 11.5 Å². The summed E-state index contributed by atoms with van der Waals surface area (Å²) in [6.45, 7) is 6.03. The SMILES string of the molecule is CC(C)N(N)Cc1cc(OCc2ccccc2)c2c(c1Br)CCO2. The van der Waals surface area contributed by atoms with Gasteiger partial charge in [0.05, 0.1) is 6.61 Å². The van der Waals surface area contributed by atoms with Gasteiger partial charge in [-0.2, -0.15) is 0 Å². The molecule has 0 unspecified atom stereocenters. The lowest BCUT2D eigenvalue weighted by molar-refractivity contribution is 0.217. The van der Waals surface area contributed by atoms with Gasteiger partial charge in [0.25, 0.3) is 0 Å². The maximum absolute atomic E-state index is 6.12. The molecule has 0 atom stereocenters. The third-order valence-electron chi connectivity index (χ3n) is 4.20. The molecule has 0 aliphatic carbocycles. The summed E-state index contributed by atoms with van der Waals surface area (Å²) in [7, 11) is 0. The van der Waals surface area contributed by atoms with Crippen molar-refractivity contribution >= 4 is 15.9 Å². The smallest absolute Gasteiger partial charge is 0.165 e. The zero-order chi connectivity index (χ0) is 17.1. The van der Waals surface area contributed by atoms with Crippen molar-refractivity contribution in [3.63, 3.8) is 0 Å². The standard InChI is InChI=1S/C19H23BrN2O2/c1-13(2)22(21)11-15-10-17(19-16(18(15)20)8-9-23-19)24-12-14-6-4-3-5-7-14/h3-7,10,13H,8-9,11-12,21H2,1-2H3. The van der Waals surface area contributed by atoms with E-state index in [9.17, 15) is 0 Å². The van der Waals surface area contributed by atoms with E-state index in [0.29, 0.717) is 19.8 Å². The lowest BCUT2D eigenvalue weighted by Gasteiger charge is -2.22. The van der Waals surface area contributed by atoms with Crippen LogP contribution < -0.4 is 15.3 Å². The number of hydrazine groups is 1. The van der Waals surface area contributed by atoms with Crippen molar-refractivity contribution in [1.82, 2.24) is 5.01 Å². The van der Waals surface area contributed by atoms with E-state index in [-0.39, 0.29) is 6.04 Å². The van der Waals surface area contributed by atoms with Crippen LogP contribution in [-0.4, -0.2) is 17.7 Å². The molecule has 0 spiro atoms. The maximum atomic E-state index is 6.12. The molecule has 5 heteroatoms. The van der Waals surface area contributed by atoms with Gasteiger partial charge in [0.2, 0.25) is 0 Å². The molecule has 24 heavy (non-hydrogen) atoms. The summed E-state index contributed by atoms with van der Waals surface area (Å²) in [5, 5.41) is 1.82. The number of fused-ring (bicyclic) bond motifs is 1. The summed E-state index contributed by atoms with van der Waals surface area (Å²) in [6.07, 6.45) is 0.887. The van der Waals surface area contributed by atoms with Crippen LogP contribution in [0.2, 0.25) is 0 Å². The van der Waals surface area contributed by atoms with E-state index in [4.69, 9.17) is 15.3 Å². The fourth-order valence-electron chi connectivity index (χ4n) is 2.70. The molecule has 128 valence electrons. The molecule has 2 aromatic rings. The Morgan fingerprint density at radius 2 is 2.04 bits per heavy atom. The summed E-state index contributed by atoms with van der Waals surface area (Å²) in [5.74, 6) is 7.77. The van der Waals surface area contributed by atoms with E-state index < -0.39 is 0 Å². The van der Waals surface area contributed by atoms with Crippen molar-refractivity contribution in [2.75, 3.05) is 6.61 Å². The number of halogens is 1. The predicted octanol–water partition coefficient (Wildman–Crippen LogP) is 4.05. The highest BCUT2D eigenvalue weighted by molar-refractivity contribution is 9.10. The molecular weight excluding hydrogens is 368 g/mol. The van der Waals surface area contributed by atoms with E-state index in [1.165, 1.54) is 5.56 Å². The van der Waals surface area contributed by atoms with Crippen LogP contribution in [0.5, 0.6) is 11.5 Å². The molecule has 0 fully saturated rings. The molecule has 1 aliphatic rings. The van der Waals surface area contributed by atoms with Crippen LogP contribution in [0.1, 0.15) is 30.5 Å². The number of hydrogen-bond donors (Lipinski definition) is 1. The van der Waals surface area contributed by atoms with Gasteiger partial charge in [-0.15, -0.1) is 0 Å². The fourth-order valence-corrected chi connectivity index (χ4v) is 3.32. The van der Waals surface area contributed by atoms with Crippen LogP contribution in [0.15, 0.2) is 40.9 Å². The van der Waals surface area contributed by atoms with Crippen molar-refractivity contribution in [3.05, 3.63) is 57.6 Å². The van der Waals surface area contributed by atoms with E-state index in [1.807, 2.05) is 29.3 Å². The number of rotatable bonds is 6. The summed E-state index contributed by atoms with van der Waals surface area (Å²) >= 11 is 3.72. The zero-order valence-corrected chi connectivity index (χ0v) is 15.7. The van der Waals surface area contributed by atoms with E-state index in [1.54, 1.807) is 0 Å². The molecule has 0 aromatic heterocycles. The van der Waals surface area contributed by atoms with Crippen LogP contribution in [-0.2, 0) is 19.6 Å². The fraction of sp³-hybridized carbons (Fsp3) is 0.368. The van der Waals surface area contributed by atoms with Crippen molar-refractivity contribution < 1.29 is 9.47 Å². The average Bonchev–Trinajstić information content (AvgIpc) is 3.07. The third kappa shape index (κ3) is 3.74. The lowest BCUT2D eigenvalue weighted by atomic mass is 10.1. The minimum Gasteiger partial charge on any atom is -0.489 e. The van der Waals surface area contributed by atoms with Gasteiger partial charge in [0, 0.05) is 29.0 Å². The molecule has 3 rings (SSSR count). The van der Waals surface area contributed by atoms with Crippen LogP contribution in [0.4, 0.5) is 0 Å². The topological polar surface area (TPSA) is 47.7 Å². The number of ether oxygens (including phenoxy) is 2. The Morgan fingerprint density at radius 1 is 1.29 bits per heavy atom. The Morgan fingerprint density at radius 3 is 2.75 bits per heavy atom. The molecule has 1 aliphatic heterocycles. The molecule has 4 nitrogen and oxygen atoms in total. The van der Waals surface area contributed by atoms with Crippen LogP contribution in [0.3, 0.4) is 0 Å². The Kier molecular flexibility index (Phi) is 5.43. The largest absolute Gasteiger partial charge is 0.489 e. The Hall–Kier alpha value is -1.56. The van der Waals surface area contributed by atoms with Gasteiger partial charge in [-0.3, -0.25) is 5.84 Å². The second-order valence-electron chi connectivity index (χ2n) is 6.29. The Bertz CT molecular complexity index is 704. The molecule has 2 N–H and O–H groups in total. The van der Waals surface area contributed by atoms with Crippen molar-refractivity contribution in [3.8, 4) is 11.5 Å². The highest BCUT2D eigenvalue weighted by atomic mass is 79.9. The normalized spacial score (nSPS) is 13.2. The average molecular weight is 391 g/mol. The van der Waals surface area contributed by atoms with Gasteiger partial charge in [0.1, 0.15) is 6.61 Å². The monoisotopic (exact) mass is 390 g/mol. The Labute approximate surface area is 151 Å². The van der Waals surface area contributed by atoms with E-state index in [2.05, 4.69) is 41.9 Å². The summed E-state index contributed by atoms with van der Waals surface area (Å²) in [4.78, 5) is 0. The molecule has 0 radical (unpaired) electrons. The molecule has 2 aromatic carbocycles. The van der Waals surface area contributed by atoms with Gasteiger partial charge in [-0.25, -0.2) is 5.01 Å². The molecule has 0 bridgehead atoms. The summed E-state index contributed by atoms with van der Waals surface area (Å²) in [5.41, 5.74) is 3.43. The first-order chi connectivity index (χ1) is 11.6. The van der Waals surface area contributed by atoms with Gasteiger partial charge < -0.3 is 9.47 Å². The number of benzene rings is 2. The third-order valence-corrected chi connectivity index (χ3v) is 5.19. The number of nitrogens with zero attached hydrogens (tertiary/aromatic N) is 1. The van der Waals surface area contributed by atoms with Crippen molar-refractivity contribution in [1.29, 1.82) is 0 Å². The number of hydrogen-bond acceptors (Lipinski definition) is 4. The summed E-state index contributed by atoms with van der Waals surface area (Å²) in [6, 6.07) is 12.5. The first-order valence-corrected chi connectivity index (χ1v) is 9.00. The predicted molar refractivity (Wildman–Crippen MR) is 99.0 cm³/mol. The van der Waals surface area contributed by atoms with Crippen LogP contribution >= 0.6 is 15.9 Å². The first-order valence-electron chi connectivity index (χ1n) is 8.21. The quantitative estimate of drug-likeness (QED) is 0.596. The van der Waals surface area contributed by atoms with Gasteiger partial charge in [-0.05, 0) is 31.0 Å².